The lowest BCUT2D eigenvalue weighted by molar-refractivity contribution is -0.126. The molecule has 1 unspecified atom stereocenters. The van der Waals surface area contributed by atoms with Crippen molar-refractivity contribution in [2.75, 3.05) is 13.1 Å². The lowest BCUT2D eigenvalue weighted by Gasteiger charge is -2.19. The van der Waals surface area contributed by atoms with Gasteiger partial charge in [-0.3, -0.25) is 4.79 Å². The fourth-order valence-electron chi connectivity index (χ4n) is 3.87. The summed E-state index contributed by atoms with van der Waals surface area (Å²) in [6, 6.07) is 18.5. The van der Waals surface area contributed by atoms with E-state index in [1.54, 1.807) is 0 Å². The van der Waals surface area contributed by atoms with E-state index in [1.807, 2.05) is 73.4 Å². The molecular formula is C22H23N3O. The van der Waals surface area contributed by atoms with Crippen LogP contribution in [0.1, 0.15) is 30.8 Å². The van der Waals surface area contributed by atoms with Crippen LogP contribution in [0.3, 0.4) is 0 Å². The highest BCUT2D eigenvalue weighted by Gasteiger charge is 2.29. The predicted octanol–water partition coefficient (Wildman–Crippen LogP) is 4.22. The number of aromatic nitrogens is 2. The zero-order valence-corrected chi connectivity index (χ0v) is 15.2. The number of aryl methyl sites for hydroxylation is 1. The second kappa shape index (κ2) is 6.79. The molecule has 1 aromatic heterocycles. The quantitative estimate of drug-likeness (QED) is 0.667. The number of carbonyl (C=O) groups excluding carboxylic acids is 1. The van der Waals surface area contributed by atoms with Crippen LogP contribution < -0.4 is 0 Å². The maximum Gasteiger partial charge on any atom is 0.249 e. The summed E-state index contributed by atoms with van der Waals surface area (Å²) in [5, 5.41) is 0. The molecule has 0 aliphatic carbocycles. The molecule has 0 spiro atoms. The van der Waals surface area contributed by atoms with Crippen molar-refractivity contribution in [1.29, 1.82) is 0 Å². The Labute approximate surface area is 153 Å². The molecule has 1 aliphatic rings. The largest absolute Gasteiger partial charge is 0.337 e. The Morgan fingerprint density at radius 2 is 1.85 bits per heavy atom. The van der Waals surface area contributed by atoms with Crippen LogP contribution in [0, 0.1) is 6.92 Å². The van der Waals surface area contributed by atoms with E-state index in [-0.39, 0.29) is 11.9 Å². The molecule has 4 rings (SSSR count). The van der Waals surface area contributed by atoms with Gasteiger partial charge in [0.05, 0.1) is 17.1 Å². The number of amides is 1. The molecule has 26 heavy (non-hydrogen) atoms. The third-order valence-corrected chi connectivity index (χ3v) is 5.11. The molecule has 2 aromatic carbocycles. The third kappa shape index (κ3) is 3.03. The molecule has 3 aromatic rings. The van der Waals surface area contributed by atoms with Gasteiger partial charge in [0, 0.05) is 18.7 Å². The average Bonchev–Trinajstić information content (AvgIpc) is 3.25. The predicted molar refractivity (Wildman–Crippen MR) is 105 cm³/mol. The van der Waals surface area contributed by atoms with Crippen LogP contribution in [0.5, 0.6) is 0 Å². The van der Waals surface area contributed by atoms with E-state index >= 15 is 0 Å². The first-order valence-electron chi connectivity index (χ1n) is 9.09. The Bertz CT molecular complexity index is 971. The second-order valence-corrected chi connectivity index (χ2v) is 6.95. The first-order valence-corrected chi connectivity index (χ1v) is 9.09. The number of benzene rings is 2. The number of carbonyl (C=O) groups is 1. The summed E-state index contributed by atoms with van der Waals surface area (Å²) in [4.78, 5) is 19.5. The van der Waals surface area contributed by atoms with Crippen LogP contribution in [0.15, 0.2) is 60.2 Å². The smallest absolute Gasteiger partial charge is 0.249 e. The maximum atomic E-state index is 12.8. The van der Waals surface area contributed by atoms with Crippen LogP contribution in [-0.4, -0.2) is 33.4 Å². The van der Waals surface area contributed by atoms with Gasteiger partial charge in [0.15, 0.2) is 0 Å². The zero-order chi connectivity index (χ0) is 18.1. The summed E-state index contributed by atoms with van der Waals surface area (Å²) in [5.74, 6) is 1.14. The van der Waals surface area contributed by atoms with Gasteiger partial charge < -0.3 is 9.47 Å². The fraction of sp³-hybridized carbons (Fsp3) is 0.273. The van der Waals surface area contributed by atoms with Crippen molar-refractivity contribution in [3.05, 3.63) is 71.6 Å². The summed E-state index contributed by atoms with van der Waals surface area (Å²) in [6.07, 6.45) is 2.93. The van der Waals surface area contributed by atoms with E-state index in [2.05, 4.69) is 15.6 Å². The van der Waals surface area contributed by atoms with Gasteiger partial charge >= 0.3 is 0 Å². The SMILES string of the molecule is C/C(=C\c1ccccc1)C(=O)N1CCC(n2c(C)nc3ccccc32)C1. The Hall–Kier alpha value is -2.88. The van der Waals surface area contributed by atoms with Crippen molar-refractivity contribution in [2.45, 2.75) is 26.3 Å². The van der Waals surface area contributed by atoms with E-state index < -0.39 is 0 Å². The molecule has 4 nitrogen and oxygen atoms in total. The van der Waals surface area contributed by atoms with Gasteiger partial charge in [-0.05, 0) is 44.0 Å². The number of hydrogen-bond donors (Lipinski definition) is 0. The average molecular weight is 345 g/mol. The normalized spacial score (nSPS) is 17.8. The molecule has 0 radical (unpaired) electrons. The standard InChI is InChI=1S/C22H23N3O/c1-16(14-18-8-4-3-5-9-18)22(26)24-13-12-19(15-24)25-17(2)23-20-10-6-7-11-21(20)25/h3-11,14,19H,12-13,15H2,1-2H3/b16-14+. The van der Waals surface area contributed by atoms with Crippen molar-refractivity contribution in [3.63, 3.8) is 0 Å². The van der Waals surface area contributed by atoms with E-state index in [4.69, 9.17) is 0 Å². The molecule has 4 heteroatoms. The number of nitrogens with zero attached hydrogens (tertiary/aromatic N) is 3. The minimum atomic E-state index is 0.124. The Kier molecular flexibility index (Phi) is 4.33. The minimum absolute atomic E-state index is 0.124. The van der Waals surface area contributed by atoms with Crippen LogP contribution >= 0.6 is 0 Å². The highest BCUT2D eigenvalue weighted by molar-refractivity contribution is 5.97. The van der Waals surface area contributed by atoms with E-state index in [0.717, 1.165) is 47.5 Å². The zero-order valence-electron chi connectivity index (χ0n) is 15.2. The summed E-state index contributed by atoms with van der Waals surface area (Å²) in [5.41, 5.74) is 4.02. The van der Waals surface area contributed by atoms with Crippen molar-refractivity contribution >= 4 is 23.0 Å². The summed E-state index contributed by atoms with van der Waals surface area (Å²) < 4.78 is 2.29. The van der Waals surface area contributed by atoms with Crippen molar-refractivity contribution in [2.24, 2.45) is 0 Å². The Morgan fingerprint density at radius 3 is 2.65 bits per heavy atom. The molecule has 1 atom stereocenters. The highest BCUT2D eigenvalue weighted by Crippen LogP contribution is 2.28. The van der Waals surface area contributed by atoms with Gasteiger partial charge in [-0.2, -0.15) is 0 Å². The van der Waals surface area contributed by atoms with Gasteiger partial charge in [0.2, 0.25) is 5.91 Å². The first kappa shape index (κ1) is 16.6. The highest BCUT2D eigenvalue weighted by atomic mass is 16.2. The topological polar surface area (TPSA) is 38.1 Å². The van der Waals surface area contributed by atoms with Gasteiger partial charge in [0.25, 0.3) is 0 Å². The first-order chi connectivity index (χ1) is 12.6. The van der Waals surface area contributed by atoms with E-state index in [9.17, 15) is 4.79 Å². The molecule has 0 saturated carbocycles. The van der Waals surface area contributed by atoms with Gasteiger partial charge in [0.1, 0.15) is 5.82 Å². The molecule has 1 amide bonds. The monoisotopic (exact) mass is 345 g/mol. The molecule has 132 valence electrons. The maximum absolute atomic E-state index is 12.8. The minimum Gasteiger partial charge on any atom is -0.337 e. The summed E-state index contributed by atoms with van der Waals surface area (Å²) >= 11 is 0. The number of para-hydroxylation sites is 2. The number of likely N-dealkylation sites (tertiary alicyclic amines) is 1. The van der Waals surface area contributed by atoms with Crippen LogP contribution in [0.2, 0.25) is 0 Å². The van der Waals surface area contributed by atoms with Gasteiger partial charge in [-0.15, -0.1) is 0 Å². The van der Waals surface area contributed by atoms with Crippen LogP contribution in [-0.2, 0) is 4.79 Å². The number of rotatable bonds is 3. The number of imidazole rings is 1. The Morgan fingerprint density at radius 1 is 1.12 bits per heavy atom. The lowest BCUT2D eigenvalue weighted by Crippen LogP contribution is -2.29. The van der Waals surface area contributed by atoms with Crippen LogP contribution in [0.25, 0.3) is 17.1 Å². The number of hydrogen-bond acceptors (Lipinski definition) is 2. The van der Waals surface area contributed by atoms with Crippen molar-refractivity contribution in [3.8, 4) is 0 Å². The molecule has 0 N–H and O–H groups in total. The molecule has 0 bridgehead atoms. The molecule has 1 aliphatic heterocycles. The van der Waals surface area contributed by atoms with Crippen molar-refractivity contribution < 1.29 is 4.79 Å². The van der Waals surface area contributed by atoms with Crippen molar-refractivity contribution in [1.82, 2.24) is 14.5 Å². The molecular weight excluding hydrogens is 322 g/mol. The number of fused-ring (bicyclic) bond motifs is 1. The molecule has 1 saturated heterocycles. The van der Waals surface area contributed by atoms with E-state index in [0.29, 0.717) is 0 Å². The Balaban J connectivity index is 1.54. The second-order valence-electron chi connectivity index (χ2n) is 6.95. The van der Waals surface area contributed by atoms with Crippen LogP contribution in [0.4, 0.5) is 0 Å². The lowest BCUT2D eigenvalue weighted by atomic mass is 10.1. The fourth-order valence-corrected chi connectivity index (χ4v) is 3.87. The summed E-state index contributed by atoms with van der Waals surface area (Å²) in [7, 11) is 0. The van der Waals surface area contributed by atoms with Gasteiger partial charge in [-0.1, -0.05) is 42.5 Å². The molecule has 2 heterocycles. The van der Waals surface area contributed by atoms with E-state index in [1.165, 1.54) is 0 Å². The molecule has 1 fully saturated rings. The van der Waals surface area contributed by atoms with Gasteiger partial charge in [-0.25, -0.2) is 4.98 Å². The summed E-state index contributed by atoms with van der Waals surface area (Å²) in [6.45, 7) is 5.47. The third-order valence-electron chi connectivity index (χ3n) is 5.11.